The second kappa shape index (κ2) is 6.38. The lowest BCUT2D eigenvalue weighted by Crippen LogP contribution is -2.25. The van der Waals surface area contributed by atoms with Gasteiger partial charge in [-0.1, -0.05) is 6.07 Å². The molecule has 0 radical (unpaired) electrons. The number of aromatic carboxylic acids is 1. The third-order valence-electron chi connectivity index (χ3n) is 2.52. The van der Waals surface area contributed by atoms with Gasteiger partial charge in [0.05, 0.1) is 5.69 Å². The van der Waals surface area contributed by atoms with E-state index in [0.717, 1.165) is 0 Å². The number of benzene rings is 1. The number of ether oxygens (including phenoxy) is 1. The monoisotopic (exact) mass is 287 g/mol. The standard InChI is InChI=1S/C8H8N2O2.C6H5NO2/c9-5-1-2-6-7(3-5)12-4-8(11)10-6;8-6(9)5-3-1-2-4-7-5/h1-3H,4,9H2,(H,10,11);1-4H,(H,8,9). The van der Waals surface area contributed by atoms with Crippen LogP contribution in [0.2, 0.25) is 0 Å². The van der Waals surface area contributed by atoms with Crippen molar-refractivity contribution in [2.75, 3.05) is 17.7 Å². The van der Waals surface area contributed by atoms with Gasteiger partial charge in [0, 0.05) is 18.0 Å². The van der Waals surface area contributed by atoms with Gasteiger partial charge in [-0.15, -0.1) is 0 Å². The number of nitrogens with two attached hydrogens (primary N) is 1. The summed E-state index contributed by atoms with van der Waals surface area (Å²) < 4.78 is 5.12. The molecule has 3 rings (SSSR count). The molecule has 0 saturated carbocycles. The minimum absolute atomic E-state index is 0.0659. The maximum Gasteiger partial charge on any atom is 0.354 e. The van der Waals surface area contributed by atoms with E-state index in [2.05, 4.69) is 10.3 Å². The van der Waals surface area contributed by atoms with Gasteiger partial charge in [-0.05, 0) is 24.3 Å². The highest BCUT2D eigenvalue weighted by Gasteiger charge is 2.14. The smallest absolute Gasteiger partial charge is 0.354 e. The zero-order valence-electron chi connectivity index (χ0n) is 10.9. The van der Waals surface area contributed by atoms with Gasteiger partial charge in [-0.25, -0.2) is 9.78 Å². The number of carbonyl (C=O) groups is 2. The molecular weight excluding hydrogens is 274 g/mol. The van der Waals surface area contributed by atoms with Crippen molar-refractivity contribution in [1.29, 1.82) is 0 Å². The van der Waals surface area contributed by atoms with E-state index < -0.39 is 5.97 Å². The third kappa shape index (κ3) is 3.93. The number of nitrogens with one attached hydrogen (secondary N) is 1. The van der Waals surface area contributed by atoms with Crippen LogP contribution in [0.15, 0.2) is 42.6 Å². The lowest BCUT2D eigenvalue weighted by atomic mass is 10.2. The Morgan fingerprint density at radius 1 is 1.33 bits per heavy atom. The minimum atomic E-state index is -0.990. The number of carboxylic acid groups (broad SMARTS) is 1. The van der Waals surface area contributed by atoms with Crippen LogP contribution in [-0.4, -0.2) is 28.6 Å². The van der Waals surface area contributed by atoms with Gasteiger partial charge < -0.3 is 20.9 Å². The number of aromatic nitrogens is 1. The maximum absolute atomic E-state index is 10.8. The van der Waals surface area contributed by atoms with E-state index in [0.29, 0.717) is 17.1 Å². The first kappa shape index (κ1) is 14.3. The molecule has 2 heterocycles. The average Bonchev–Trinajstić information content (AvgIpc) is 2.49. The number of carboxylic acids is 1. The summed E-state index contributed by atoms with van der Waals surface area (Å²) in [6, 6.07) is 9.88. The van der Waals surface area contributed by atoms with E-state index in [1.54, 1.807) is 30.3 Å². The topological polar surface area (TPSA) is 115 Å². The molecule has 1 aromatic heterocycles. The normalized spacial score (nSPS) is 12.1. The third-order valence-corrected chi connectivity index (χ3v) is 2.52. The van der Waals surface area contributed by atoms with Crippen molar-refractivity contribution in [3.63, 3.8) is 0 Å². The highest BCUT2D eigenvalue weighted by atomic mass is 16.5. The Balaban J connectivity index is 0.000000161. The number of rotatable bonds is 1. The number of fused-ring (bicyclic) bond motifs is 1. The highest BCUT2D eigenvalue weighted by Crippen LogP contribution is 2.29. The zero-order chi connectivity index (χ0) is 15.2. The van der Waals surface area contributed by atoms with Gasteiger partial charge in [0.2, 0.25) is 0 Å². The van der Waals surface area contributed by atoms with Crippen LogP contribution in [0.25, 0.3) is 0 Å². The van der Waals surface area contributed by atoms with Crippen LogP contribution >= 0.6 is 0 Å². The number of nitrogens with zero attached hydrogens (tertiary/aromatic N) is 1. The molecule has 1 aliphatic rings. The molecule has 0 spiro atoms. The van der Waals surface area contributed by atoms with Crippen LogP contribution in [0.3, 0.4) is 0 Å². The van der Waals surface area contributed by atoms with E-state index in [4.69, 9.17) is 15.6 Å². The van der Waals surface area contributed by atoms with Gasteiger partial charge in [-0.2, -0.15) is 0 Å². The molecule has 0 aliphatic carbocycles. The van der Waals surface area contributed by atoms with Crippen molar-refractivity contribution in [1.82, 2.24) is 4.98 Å². The zero-order valence-corrected chi connectivity index (χ0v) is 10.9. The van der Waals surface area contributed by atoms with E-state index in [1.165, 1.54) is 12.3 Å². The molecule has 2 aromatic rings. The number of pyridine rings is 1. The highest BCUT2D eigenvalue weighted by molar-refractivity contribution is 5.95. The van der Waals surface area contributed by atoms with Crippen molar-refractivity contribution in [2.45, 2.75) is 0 Å². The molecule has 21 heavy (non-hydrogen) atoms. The fourth-order valence-electron chi connectivity index (χ4n) is 1.58. The molecule has 0 atom stereocenters. The fourth-order valence-corrected chi connectivity index (χ4v) is 1.58. The summed E-state index contributed by atoms with van der Waals surface area (Å²) in [4.78, 5) is 24.6. The molecule has 0 saturated heterocycles. The second-order valence-corrected chi connectivity index (χ2v) is 4.11. The Bertz CT molecular complexity index is 659. The molecule has 4 N–H and O–H groups in total. The summed E-state index contributed by atoms with van der Waals surface area (Å²) in [5.74, 6) is -0.488. The Morgan fingerprint density at radius 2 is 2.14 bits per heavy atom. The summed E-state index contributed by atoms with van der Waals surface area (Å²) in [5.41, 5.74) is 6.92. The number of anilines is 2. The molecule has 7 heteroatoms. The van der Waals surface area contributed by atoms with E-state index in [-0.39, 0.29) is 18.2 Å². The Hall–Kier alpha value is -3.09. The van der Waals surface area contributed by atoms with Crippen molar-refractivity contribution >= 4 is 23.3 Å². The first-order valence-electron chi connectivity index (χ1n) is 6.03. The lowest BCUT2D eigenvalue weighted by Gasteiger charge is -2.17. The van der Waals surface area contributed by atoms with Crippen LogP contribution in [0.1, 0.15) is 10.5 Å². The molecule has 0 fully saturated rings. The summed E-state index contributed by atoms with van der Waals surface area (Å²) >= 11 is 0. The Kier molecular flexibility index (Phi) is 4.35. The minimum Gasteiger partial charge on any atom is -0.482 e. The van der Waals surface area contributed by atoms with E-state index >= 15 is 0 Å². The van der Waals surface area contributed by atoms with Gasteiger partial charge >= 0.3 is 5.97 Å². The largest absolute Gasteiger partial charge is 0.482 e. The molecular formula is C14H13N3O4. The van der Waals surface area contributed by atoms with Gasteiger partial charge in [0.1, 0.15) is 11.4 Å². The number of hydrogen-bond donors (Lipinski definition) is 3. The van der Waals surface area contributed by atoms with Crippen LogP contribution in [0.5, 0.6) is 5.75 Å². The fraction of sp³-hybridized carbons (Fsp3) is 0.0714. The molecule has 7 nitrogen and oxygen atoms in total. The second-order valence-electron chi connectivity index (χ2n) is 4.11. The molecule has 1 aromatic carbocycles. The van der Waals surface area contributed by atoms with Crippen molar-refractivity contribution in [2.24, 2.45) is 0 Å². The predicted octanol–water partition coefficient (Wildman–Crippen LogP) is 1.38. The van der Waals surface area contributed by atoms with Crippen LogP contribution in [-0.2, 0) is 4.79 Å². The first-order chi connectivity index (χ1) is 10.1. The van der Waals surface area contributed by atoms with Crippen LogP contribution in [0, 0.1) is 0 Å². The Morgan fingerprint density at radius 3 is 2.76 bits per heavy atom. The quantitative estimate of drug-likeness (QED) is 0.683. The first-order valence-corrected chi connectivity index (χ1v) is 6.03. The van der Waals surface area contributed by atoms with Gasteiger partial charge in [0.15, 0.2) is 6.61 Å². The molecule has 1 amide bonds. The Labute approximate surface area is 120 Å². The number of amides is 1. The molecule has 1 aliphatic heterocycles. The van der Waals surface area contributed by atoms with Gasteiger partial charge in [-0.3, -0.25) is 4.79 Å². The molecule has 0 unspecified atom stereocenters. The van der Waals surface area contributed by atoms with Gasteiger partial charge in [0.25, 0.3) is 5.91 Å². The summed E-state index contributed by atoms with van der Waals surface area (Å²) in [7, 11) is 0. The molecule has 0 bridgehead atoms. The predicted molar refractivity (Wildman–Crippen MR) is 76.2 cm³/mol. The number of hydrogen-bond acceptors (Lipinski definition) is 5. The van der Waals surface area contributed by atoms with Crippen LogP contribution in [0.4, 0.5) is 11.4 Å². The van der Waals surface area contributed by atoms with Crippen molar-refractivity contribution < 1.29 is 19.4 Å². The van der Waals surface area contributed by atoms with Crippen LogP contribution < -0.4 is 15.8 Å². The van der Waals surface area contributed by atoms with E-state index in [9.17, 15) is 9.59 Å². The SMILES string of the molecule is Nc1ccc2c(c1)OCC(=O)N2.O=C(O)c1ccccn1. The summed E-state index contributed by atoms with van der Waals surface area (Å²) in [6.45, 7) is 0.0659. The van der Waals surface area contributed by atoms with Crippen molar-refractivity contribution in [3.8, 4) is 5.75 Å². The summed E-state index contributed by atoms with van der Waals surface area (Å²) in [5, 5.41) is 11.0. The molecule has 108 valence electrons. The average molecular weight is 287 g/mol. The maximum atomic E-state index is 10.8. The number of carbonyl (C=O) groups excluding carboxylic acids is 1. The lowest BCUT2D eigenvalue weighted by molar-refractivity contribution is -0.118. The van der Waals surface area contributed by atoms with Crippen molar-refractivity contribution in [3.05, 3.63) is 48.3 Å². The number of nitrogen functional groups attached to an aromatic ring is 1. The van der Waals surface area contributed by atoms with E-state index in [1.807, 2.05) is 0 Å². The summed E-state index contributed by atoms with van der Waals surface area (Å²) in [6.07, 6.45) is 1.45.